The third kappa shape index (κ3) is 7.82. The van der Waals surface area contributed by atoms with Crippen molar-refractivity contribution in [1.29, 1.82) is 0 Å². The van der Waals surface area contributed by atoms with E-state index in [0.717, 1.165) is 36.8 Å². The van der Waals surface area contributed by atoms with Gasteiger partial charge >= 0.3 is 12.4 Å². The number of carbonyl (C=O) groups excluding carboxylic acids is 2. The molecular weight excluding hydrogens is 636 g/mol. The van der Waals surface area contributed by atoms with Crippen molar-refractivity contribution in [2.24, 2.45) is 0 Å². The topological polar surface area (TPSA) is 73.0 Å². The smallest absolute Gasteiger partial charge is 0.349 e. The van der Waals surface area contributed by atoms with Gasteiger partial charge in [-0.25, -0.2) is 9.36 Å². The van der Waals surface area contributed by atoms with Crippen LogP contribution in [0.25, 0.3) is 11.4 Å². The second-order valence-corrected chi connectivity index (χ2v) is 12.5. The fourth-order valence-corrected chi connectivity index (χ4v) is 6.21. The van der Waals surface area contributed by atoms with Gasteiger partial charge in [-0.2, -0.15) is 36.5 Å². The third-order valence-electron chi connectivity index (χ3n) is 8.57. The van der Waals surface area contributed by atoms with Crippen molar-refractivity contribution in [1.82, 2.24) is 24.5 Å². The van der Waals surface area contributed by atoms with Crippen molar-refractivity contribution >= 4 is 11.7 Å². The molecule has 13 heteroatoms. The molecule has 48 heavy (non-hydrogen) atoms. The molecule has 6 rings (SSSR count). The minimum atomic E-state index is -4.44. The fraction of sp³-hybridized carbons (Fsp3) is 0.429. The van der Waals surface area contributed by atoms with Crippen LogP contribution in [0.3, 0.4) is 0 Å². The van der Waals surface area contributed by atoms with Crippen LogP contribution >= 0.6 is 0 Å². The first kappa shape index (κ1) is 34.9. The first-order chi connectivity index (χ1) is 22.6. The number of hydrogen-bond donors (Lipinski definition) is 0. The zero-order chi connectivity index (χ0) is 34.8. The second-order valence-electron chi connectivity index (χ2n) is 12.5. The molecule has 0 saturated heterocycles. The number of nitrogens with zero attached hydrogens (tertiary/aromatic N) is 5. The van der Waals surface area contributed by atoms with Crippen LogP contribution in [0, 0.1) is 0 Å². The highest BCUT2D eigenvalue weighted by molar-refractivity contribution is 5.78. The Bertz CT molecular complexity index is 1770. The molecule has 2 heterocycles. The van der Waals surface area contributed by atoms with Crippen LogP contribution in [0.15, 0.2) is 48.5 Å². The third-order valence-corrected chi connectivity index (χ3v) is 8.57. The van der Waals surface area contributed by atoms with Gasteiger partial charge in [0.15, 0.2) is 11.4 Å². The first-order valence-corrected chi connectivity index (χ1v) is 15.9. The summed E-state index contributed by atoms with van der Waals surface area (Å²) in [4.78, 5) is 24.4. The SMILES string of the molecule is CC(=O)Cc1ccc(-n2nc(C(F)(F)F)c3c2CCCC3)cc1.CN(C)C(=O)Cc1ccc(-n2nc(C(F)(F)F)c3c2CCCC3)cc1. The summed E-state index contributed by atoms with van der Waals surface area (Å²) in [6.07, 6.45) is -2.98. The summed E-state index contributed by atoms with van der Waals surface area (Å²) in [6, 6.07) is 13.9. The number of Topliss-reactive ketones (excluding diaryl/α,β-unsaturated/α-hetero) is 1. The molecule has 2 aromatic carbocycles. The van der Waals surface area contributed by atoms with Crippen LogP contribution in [-0.2, 0) is 60.5 Å². The normalized spacial score (nSPS) is 14.4. The number of ketones is 1. The number of alkyl halides is 6. The Morgan fingerprint density at radius 1 is 0.646 bits per heavy atom. The van der Waals surface area contributed by atoms with E-state index >= 15 is 0 Å². The number of amides is 1. The predicted octanol–water partition coefficient (Wildman–Crippen LogP) is 7.30. The maximum Gasteiger partial charge on any atom is 0.435 e. The summed E-state index contributed by atoms with van der Waals surface area (Å²) in [6.45, 7) is 1.51. The van der Waals surface area contributed by atoms with Crippen molar-refractivity contribution < 1.29 is 35.9 Å². The van der Waals surface area contributed by atoms with Crippen LogP contribution < -0.4 is 0 Å². The monoisotopic (exact) mass is 673 g/mol. The Balaban J connectivity index is 0.000000188. The number of likely N-dealkylation sites (N-methyl/N-ethyl adjacent to an activating group) is 1. The molecule has 0 N–H and O–H groups in total. The van der Waals surface area contributed by atoms with Crippen molar-refractivity contribution in [3.8, 4) is 11.4 Å². The summed E-state index contributed by atoms with van der Waals surface area (Å²) in [5.74, 6) is 0.0251. The molecule has 256 valence electrons. The van der Waals surface area contributed by atoms with E-state index in [9.17, 15) is 35.9 Å². The van der Waals surface area contributed by atoms with Crippen molar-refractivity contribution in [3.05, 3.63) is 93.6 Å². The zero-order valence-corrected chi connectivity index (χ0v) is 27.0. The molecule has 2 aliphatic carbocycles. The Hall–Kier alpha value is -4.42. The Labute approximate surface area is 274 Å². The standard InChI is InChI=1S/C18H20F3N3O.C17H17F3N2O/c1-23(2)16(25)11-12-7-9-13(10-8-12)24-15-6-4-3-5-14(15)17(22-24)18(19,20)21;1-11(23)10-12-6-8-13(9-7-12)22-15-5-3-2-4-14(15)16(21-22)17(18,19)20/h7-10H,3-6,11H2,1-2H3;6-9H,2-5,10H2,1H3. The highest BCUT2D eigenvalue weighted by atomic mass is 19.4. The zero-order valence-electron chi connectivity index (χ0n) is 27.0. The number of aromatic nitrogens is 4. The maximum absolute atomic E-state index is 13.3. The van der Waals surface area contributed by atoms with Crippen LogP contribution in [0.1, 0.15) is 77.6 Å². The van der Waals surface area contributed by atoms with Crippen LogP contribution in [0.2, 0.25) is 0 Å². The van der Waals surface area contributed by atoms with Gasteiger partial charge in [0.05, 0.1) is 17.8 Å². The maximum atomic E-state index is 13.3. The van der Waals surface area contributed by atoms with Gasteiger partial charge in [0, 0.05) is 43.0 Å². The first-order valence-electron chi connectivity index (χ1n) is 15.9. The number of halogens is 6. The molecule has 0 fully saturated rings. The summed E-state index contributed by atoms with van der Waals surface area (Å²) in [5.41, 5.74) is 3.29. The van der Waals surface area contributed by atoms with E-state index in [1.807, 2.05) is 0 Å². The van der Waals surface area contributed by atoms with E-state index in [0.29, 0.717) is 66.0 Å². The Kier molecular flexibility index (Phi) is 10.2. The highest BCUT2D eigenvalue weighted by Gasteiger charge is 2.40. The van der Waals surface area contributed by atoms with Gasteiger partial charge in [0.25, 0.3) is 0 Å². The van der Waals surface area contributed by atoms with Crippen molar-refractivity contribution in [2.75, 3.05) is 14.1 Å². The van der Waals surface area contributed by atoms with Crippen LogP contribution in [-0.4, -0.2) is 50.2 Å². The molecule has 0 spiro atoms. The second kappa shape index (κ2) is 14.0. The molecule has 1 amide bonds. The van der Waals surface area contributed by atoms with Gasteiger partial charge in [-0.15, -0.1) is 0 Å². The fourth-order valence-electron chi connectivity index (χ4n) is 6.21. The lowest BCUT2D eigenvalue weighted by Gasteiger charge is -2.15. The molecule has 0 radical (unpaired) electrons. The number of hydrogen-bond acceptors (Lipinski definition) is 4. The lowest BCUT2D eigenvalue weighted by Crippen LogP contribution is -2.23. The van der Waals surface area contributed by atoms with Crippen LogP contribution in [0.5, 0.6) is 0 Å². The predicted molar refractivity (Wildman–Crippen MR) is 167 cm³/mol. The number of benzene rings is 2. The van der Waals surface area contributed by atoms with Gasteiger partial charge in [-0.1, -0.05) is 24.3 Å². The largest absolute Gasteiger partial charge is 0.435 e. The van der Waals surface area contributed by atoms with E-state index in [-0.39, 0.29) is 18.1 Å². The minimum Gasteiger partial charge on any atom is -0.349 e. The molecule has 2 aliphatic rings. The molecule has 7 nitrogen and oxygen atoms in total. The lowest BCUT2D eigenvalue weighted by atomic mass is 9.95. The highest BCUT2D eigenvalue weighted by Crippen LogP contribution is 2.38. The van der Waals surface area contributed by atoms with E-state index in [2.05, 4.69) is 10.2 Å². The summed E-state index contributed by atoms with van der Waals surface area (Å²) >= 11 is 0. The summed E-state index contributed by atoms with van der Waals surface area (Å²) in [7, 11) is 3.37. The molecule has 0 atom stereocenters. The summed E-state index contributed by atoms with van der Waals surface area (Å²) in [5, 5.41) is 7.72. The van der Waals surface area contributed by atoms with Crippen molar-refractivity contribution in [2.45, 2.75) is 83.5 Å². The number of rotatable bonds is 6. The molecule has 0 unspecified atom stereocenters. The molecular formula is C35H37F6N5O2. The number of carbonyl (C=O) groups is 2. The average molecular weight is 674 g/mol. The van der Waals surface area contributed by atoms with Crippen molar-refractivity contribution in [3.63, 3.8) is 0 Å². The van der Waals surface area contributed by atoms with Gasteiger partial charge < -0.3 is 4.90 Å². The number of fused-ring (bicyclic) bond motifs is 2. The van der Waals surface area contributed by atoms with E-state index in [1.54, 1.807) is 62.6 Å². The van der Waals surface area contributed by atoms with Gasteiger partial charge in [0.1, 0.15) is 5.78 Å². The van der Waals surface area contributed by atoms with E-state index in [1.165, 1.54) is 21.2 Å². The molecule has 4 aromatic rings. The Morgan fingerprint density at radius 2 is 1.02 bits per heavy atom. The molecule has 0 aliphatic heterocycles. The lowest BCUT2D eigenvalue weighted by molar-refractivity contribution is -0.142. The molecule has 2 aromatic heterocycles. The van der Waals surface area contributed by atoms with E-state index < -0.39 is 23.7 Å². The molecule has 0 saturated carbocycles. The quantitative estimate of drug-likeness (QED) is 0.202. The minimum absolute atomic E-state index is 0.0245. The Morgan fingerprint density at radius 3 is 1.38 bits per heavy atom. The summed E-state index contributed by atoms with van der Waals surface area (Å²) < 4.78 is 82.2. The van der Waals surface area contributed by atoms with Gasteiger partial charge in [-0.3, -0.25) is 9.59 Å². The van der Waals surface area contributed by atoms with Crippen LogP contribution in [0.4, 0.5) is 26.3 Å². The van der Waals surface area contributed by atoms with Gasteiger partial charge in [-0.05, 0) is 93.7 Å². The average Bonchev–Trinajstić information content (AvgIpc) is 3.62. The molecule has 0 bridgehead atoms. The van der Waals surface area contributed by atoms with Gasteiger partial charge in [0.2, 0.25) is 5.91 Å². The van der Waals surface area contributed by atoms with E-state index in [4.69, 9.17) is 0 Å².